The van der Waals surface area contributed by atoms with Crippen LogP contribution in [0, 0.1) is 28.6 Å². The second kappa shape index (κ2) is 6.00. The molecule has 0 saturated heterocycles. The van der Waals surface area contributed by atoms with Crippen LogP contribution >= 0.6 is 23.2 Å². The highest BCUT2D eigenvalue weighted by Crippen LogP contribution is 2.68. The third-order valence-electron chi connectivity index (χ3n) is 8.08. The zero-order valence-corrected chi connectivity index (χ0v) is 16.9. The largest absolute Gasteiger partial charge is 0.298 e. The van der Waals surface area contributed by atoms with E-state index in [9.17, 15) is 18.8 Å². The molecule has 0 radical (unpaired) electrons. The van der Waals surface area contributed by atoms with Crippen molar-refractivity contribution in [2.45, 2.75) is 50.6 Å². The number of hydrogen-bond donors (Lipinski definition) is 0. The highest BCUT2D eigenvalue weighted by Gasteiger charge is 2.68. The Kier molecular flexibility index (Phi) is 4.29. The Bertz CT molecular complexity index is 805. The second-order valence-corrected chi connectivity index (χ2v) is 9.89. The molecular formula is C21H23Cl2FO3. The Morgan fingerprint density at radius 2 is 1.96 bits per heavy atom. The summed E-state index contributed by atoms with van der Waals surface area (Å²) in [5.74, 6) is -1.59. The van der Waals surface area contributed by atoms with E-state index in [0.717, 1.165) is 12.8 Å². The van der Waals surface area contributed by atoms with Crippen LogP contribution in [0.1, 0.15) is 39.5 Å². The van der Waals surface area contributed by atoms with Crippen molar-refractivity contribution in [3.63, 3.8) is 0 Å². The second-order valence-electron chi connectivity index (χ2n) is 8.94. The number of alkyl halides is 3. The normalized spacial score (nSPS) is 48.6. The number of carbonyl (C=O) groups excluding carboxylic acids is 3. The lowest BCUT2D eigenvalue weighted by Gasteiger charge is -2.59. The van der Waals surface area contributed by atoms with Gasteiger partial charge in [-0.05, 0) is 55.6 Å². The molecule has 0 bridgehead atoms. The third kappa shape index (κ3) is 2.23. The minimum absolute atomic E-state index is 0.00817. The van der Waals surface area contributed by atoms with E-state index in [1.807, 2.05) is 6.08 Å². The standard InChI is InChI=1S/C21H23Cl2FO3/c1-19-7-8-21(23)13(12(19)5-6-14(19)16(26)10-22)4-3-11-9-15(25)17(24)18(27)20(11,21)2/h3-4,9,12-14,17H,5-8,10H2,1-2H3/t12-,13-,14+,17?,19-,20+,21+/m0/s1. The zero-order valence-electron chi connectivity index (χ0n) is 15.4. The van der Waals surface area contributed by atoms with Crippen LogP contribution in [0.5, 0.6) is 0 Å². The van der Waals surface area contributed by atoms with Crippen molar-refractivity contribution in [1.82, 2.24) is 0 Å². The number of fused-ring (bicyclic) bond motifs is 5. The fourth-order valence-corrected chi connectivity index (χ4v) is 7.11. The van der Waals surface area contributed by atoms with Gasteiger partial charge in [-0.25, -0.2) is 4.39 Å². The SMILES string of the molecule is C[C@]12CC[C@@]3(Cl)[C@@H](C=CC4=CC(=O)C(F)C(=O)[C@@]43C)[C@@H]1CC[C@@H]2C(=O)CCl. The first-order valence-electron chi connectivity index (χ1n) is 9.51. The van der Waals surface area contributed by atoms with Gasteiger partial charge in [-0.2, -0.15) is 0 Å². The van der Waals surface area contributed by atoms with Crippen LogP contribution in [0.3, 0.4) is 0 Å². The molecular weight excluding hydrogens is 390 g/mol. The summed E-state index contributed by atoms with van der Waals surface area (Å²) in [5, 5.41) is 0. The summed E-state index contributed by atoms with van der Waals surface area (Å²) in [6.45, 7) is 3.81. The Morgan fingerprint density at radius 3 is 2.63 bits per heavy atom. The average molecular weight is 413 g/mol. The van der Waals surface area contributed by atoms with Crippen LogP contribution < -0.4 is 0 Å². The molecule has 0 amide bonds. The van der Waals surface area contributed by atoms with Crippen molar-refractivity contribution in [2.24, 2.45) is 28.6 Å². The molecule has 0 heterocycles. The molecule has 0 aromatic rings. The number of ketones is 3. The summed E-state index contributed by atoms with van der Waals surface area (Å²) in [4.78, 5) is 36.2. The van der Waals surface area contributed by atoms with Crippen molar-refractivity contribution < 1.29 is 18.8 Å². The Labute approximate surface area is 168 Å². The molecule has 2 saturated carbocycles. The zero-order chi connectivity index (χ0) is 19.8. The van der Waals surface area contributed by atoms with Crippen molar-refractivity contribution in [3.05, 3.63) is 23.8 Å². The monoisotopic (exact) mass is 412 g/mol. The lowest BCUT2D eigenvalue weighted by molar-refractivity contribution is -0.143. The van der Waals surface area contributed by atoms with Gasteiger partial charge in [-0.3, -0.25) is 14.4 Å². The summed E-state index contributed by atoms with van der Waals surface area (Å²) in [6, 6.07) is 0. The van der Waals surface area contributed by atoms with Gasteiger partial charge in [0.2, 0.25) is 6.17 Å². The van der Waals surface area contributed by atoms with Crippen molar-refractivity contribution in [3.8, 4) is 0 Å². The lowest BCUT2D eigenvalue weighted by Crippen LogP contribution is -2.63. The summed E-state index contributed by atoms with van der Waals surface area (Å²) in [7, 11) is 0. The van der Waals surface area contributed by atoms with Gasteiger partial charge in [-0.1, -0.05) is 19.1 Å². The maximum absolute atomic E-state index is 14.4. The van der Waals surface area contributed by atoms with Crippen molar-refractivity contribution >= 4 is 40.6 Å². The fraction of sp³-hybridized carbons (Fsp3) is 0.667. The molecule has 0 aromatic carbocycles. The molecule has 0 aliphatic heterocycles. The molecule has 0 N–H and O–H groups in total. The molecule has 4 rings (SSSR count). The van der Waals surface area contributed by atoms with E-state index in [2.05, 4.69) is 6.92 Å². The topological polar surface area (TPSA) is 51.2 Å². The molecule has 4 aliphatic carbocycles. The highest BCUT2D eigenvalue weighted by molar-refractivity contribution is 6.30. The van der Waals surface area contributed by atoms with Crippen LogP contribution in [0.4, 0.5) is 4.39 Å². The Balaban J connectivity index is 1.81. The first kappa shape index (κ1) is 19.3. The highest BCUT2D eigenvalue weighted by atomic mass is 35.5. The molecule has 146 valence electrons. The van der Waals surface area contributed by atoms with E-state index < -0.39 is 28.0 Å². The van der Waals surface area contributed by atoms with Gasteiger partial charge in [0, 0.05) is 11.8 Å². The molecule has 4 aliphatic rings. The molecule has 6 heteroatoms. The smallest absolute Gasteiger partial charge is 0.221 e. The number of rotatable bonds is 2. The number of hydrogen-bond acceptors (Lipinski definition) is 3. The quantitative estimate of drug-likeness (QED) is 0.504. The van der Waals surface area contributed by atoms with Crippen LogP contribution in [-0.2, 0) is 14.4 Å². The Morgan fingerprint density at radius 1 is 1.26 bits per heavy atom. The van der Waals surface area contributed by atoms with Crippen LogP contribution in [-0.4, -0.2) is 34.3 Å². The molecule has 0 aromatic heterocycles. The van der Waals surface area contributed by atoms with Crippen LogP contribution in [0.15, 0.2) is 23.8 Å². The van der Waals surface area contributed by atoms with Gasteiger partial charge in [0.15, 0.2) is 17.3 Å². The number of halogens is 3. The van der Waals surface area contributed by atoms with Crippen LogP contribution in [0.2, 0.25) is 0 Å². The van der Waals surface area contributed by atoms with Gasteiger partial charge in [0.05, 0.1) is 16.2 Å². The number of Topliss-reactive ketones (excluding diaryl/α,β-unsaturated/α-hetero) is 2. The first-order valence-corrected chi connectivity index (χ1v) is 10.4. The fourth-order valence-electron chi connectivity index (χ4n) is 6.40. The minimum Gasteiger partial charge on any atom is -0.298 e. The molecule has 7 atom stereocenters. The summed E-state index contributed by atoms with van der Waals surface area (Å²) in [5.41, 5.74) is -0.954. The predicted molar refractivity (Wildman–Crippen MR) is 102 cm³/mol. The third-order valence-corrected chi connectivity index (χ3v) is 9.16. The van der Waals surface area contributed by atoms with Crippen molar-refractivity contribution in [2.75, 3.05) is 5.88 Å². The van der Waals surface area contributed by atoms with Crippen molar-refractivity contribution in [1.29, 1.82) is 0 Å². The lowest BCUT2D eigenvalue weighted by atomic mass is 9.47. The van der Waals surface area contributed by atoms with Gasteiger partial charge in [-0.15, -0.1) is 23.2 Å². The maximum atomic E-state index is 14.4. The van der Waals surface area contributed by atoms with E-state index in [4.69, 9.17) is 23.2 Å². The van der Waals surface area contributed by atoms with E-state index >= 15 is 0 Å². The van der Waals surface area contributed by atoms with E-state index in [1.54, 1.807) is 13.0 Å². The molecule has 27 heavy (non-hydrogen) atoms. The summed E-state index contributed by atoms with van der Waals surface area (Å²) >= 11 is 13.0. The molecule has 0 spiro atoms. The maximum Gasteiger partial charge on any atom is 0.221 e. The van der Waals surface area contributed by atoms with Gasteiger partial charge in [0.25, 0.3) is 0 Å². The number of carbonyl (C=O) groups is 3. The van der Waals surface area contributed by atoms with Gasteiger partial charge in [0.1, 0.15) is 0 Å². The Hall–Kier alpha value is -1.00. The minimum atomic E-state index is -2.15. The molecule has 2 fully saturated rings. The molecule has 1 unspecified atom stereocenters. The van der Waals surface area contributed by atoms with Gasteiger partial charge >= 0.3 is 0 Å². The number of allylic oxidation sites excluding steroid dienone is 4. The predicted octanol–water partition coefficient (Wildman–Crippen LogP) is 4.21. The summed E-state index contributed by atoms with van der Waals surface area (Å²) in [6.07, 6.45) is 5.61. The average Bonchev–Trinajstić information content (AvgIpc) is 2.99. The molecule has 3 nitrogen and oxygen atoms in total. The van der Waals surface area contributed by atoms with Gasteiger partial charge < -0.3 is 0 Å². The van der Waals surface area contributed by atoms with Crippen LogP contribution in [0.25, 0.3) is 0 Å². The van der Waals surface area contributed by atoms with E-state index in [1.165, 1.54) is 6.08 Å². The van der Waals surface area contributed by atoms with E-state index in [-0.39, 0.29) is 34.8 Å². The summed E-state index contributed by atoms with van der Waals surface area (Å²) < 4.78 is 14.4. The van der Waals surface area contributed by atoms with E-state index in [0.29, 0.717) is 18.4 Å². The first-order chi connectivity index (χ1) is 12.6.